The summed E-state index contributed by atoms with van der Waals surface area (Å²) in [7, 11) is -1.25. The van der Waals surface area contributed by atoms with Crippen molar-refractivity contribution in [2.75, 3.05) is 12.8 Å². The first-order valence-corrected chi connectivity index (χ1v) is 7.68. The predicted octanol–water partition coefficient (Wildman–Crippen LogP) is 0.868. The topological polar surface area (TPSA) is 78.0 Å². The van der Waals surface area contributed by atoms with Crippen molar-refractivity contribution in [3.63, 3.8) is 0 Å². The van der Waals surface area contributed by atoms with E-state index in [1.54, 1.807) is 18.2 Å². The van der Waals surface area contributed by atoms with Crippen molar-refractivity contribution in [2.45, 2.75) is 17.7 Å². The van der Waals surface area contributed by atoms with Gasteiger partial charge in [0.15, 0.2) is 9.84 Å². The number of nitrogens with zero attached hydrogens (tertiary/aromatic N) is 2. The molecule has 0 aliphatic heterocycles. The number of rotatable bonds is 4. The van der Waals surface area contributed by atoms with E-state index in [0.29, 0.717) is 17.0 Å². The number of sulfone groups is 1. The second kappa shape index (κ2) is 4.70. The average Bonchev–Trinajstić information content (AvgIpc) is 2.62. The van der Waals surface area contributed by atoms with E-state index in [9.17, 15) is 8.42 Å². The summed E-state index contributed by atoms with van der Waals surface area (Å²) in [6.45, 7) is 0.623. The fraction of sp³-hybridized carbons (Fsp3) is 0.417. The van der Waals surface area contributed by atoms with Gasteiger partial charge in [-0.15, -0.1) is 0 Å². The molecule has 5 nitrogen and oxygen atoms in total. The number of aryl methyl sites for hydroxylation is 2. The molecule has 0 fully saturated rings. The zero-order valence-corrected chi connectivity index (χ0v) is 11.4. The van der Waals surface area contributed by atoms with Gasteiger partial charge in [-0.05, 0) is 31.2 Å². The zero-order chi connectivity index (χ0) is 13.3. The van der Waals surface area contributed by atoms with Crippen molar-refractivity contribution in [1.29, 1.82) is 0 Å². The van der Waals surface area contributed by atoms with E-state index in [0.717, 1.165) is 24.2 Å². The van der Waals surface area contributed by atoms with Crippen LogP contribution in [0.25, 0.3) is 11.0 Å². The molecule has 0 unspecified atom stereocenters. The lowest BCUT2D eigenvalue weighted by Crippen LogP contribution is -2.04. The number of nitrogens with two attached hydrogens (primary N) is 1. The van der Waals surface area contributed by atoms with E-state index in [-0.39, 0.29) is 0 Å². The summed E-state index contributed by atoms with van der Waals surface area (Å²) < 4.78 is 25.0. The molecule has 1 aromatic carbocycles. The van der Waals surface area contributed by atoms with Gasteiger partial charge in [0, 0.05) is 19.7 Å². The van der Waals surface area contributed by atoms with Gasteiger partial charge in [0.05, 0.1) is 15.9 Å². The van der Waals surface area contributed by atoms with E-state index < -0.39 is 9.84 Å². The van der Waals surface area contributed by atoms with Crippen LogP contribution in [0.2, 0.25) is 0 Å². The molecule has 0 aliphatic carbocycles. The number of benzene rings is 1. The summed E-state index contributed by atoms with van der Waals surface area (Å²) in [6, 6.07) is 5.04. The fourth-order valence-electron chi connectivity index (χ4n) is 1.94. The molecule has 18 heavy (non-hydrogen) atoms. The maximum atomic E-state index is 11.5. The van der Waals surface area contributed by atoms with Gasteiger partial charge in [-0.2, -0.15) is 0 Å². The molecule has 6 heteroatoms. The van der Waals surface area contributed by atoms with Crippen molar-refractivity contribution < 1.29 is 8.42 Å². The Kier molecular flexibility index (Phi) is 3.41. The van der Waals surface area contributed by atoms with Gasteiger partial charge in [0.2, 0.25) is 0 Å². The summed E-state index contributed by atoms with van der Waals surface area (Å²) in [5.41, 5.74) is 7.14. The van der Waals surface area contributed by atoms with Gasteiger partial charge in [-0.1, -0.05) is 0 Å². The third-order valence-corrected chi connectivity index (χ3v) is 4.09. The third kappa shape index (κ3) is 2.39. The van der Waals surface area contributed by atoms with E-state index in [1.165, 1.54) is 6.26 Å². The van der Waals surface area contributed by atoms with E-state index in [1.807, 2.05) is 11.6 Å². The maximum Gasteiger partial charge on any atom is 0.175 e. The molecule has 98 valence electrons. The quantitative estimate of drug-likeness (QED) is 0.891. The molecule has 1 aromatic heterocycles. The van der Waals surface area contributed by atoms with Crippen LogP contribution in [0, 0.1) is 0 Å². The van der Waals surface area contributed by atoms with Crippen LogP contribution in [-0.4, -0.2) is 30.8 Å². The predicted molar refractivity (Wildman–Crippen MR) is 71.2 cm³/mol. The molecule has 0 atom stereocenters. The van der Waals surface area contributed by atoms with Crippen LogP contribution in [0.4, 0.5) is 0 Å². The highest BCUT2D eigenvalue weighted by molar-refractivity contribution is 7.90. The first-order chi connectivity index (χ1) is 8.43. The van der Waals surface area contributed by atoms with Crippen LogP contribution in [0.3, 0.4) is 0 Å². The fourth-order valence-corrected chi connectivity index (χ4v) is 2.58. The molecule has 2 rings (SSSR count). The van der Waals surface area contributed by atoms with Crippen molar-refractivity contribution in [3.8, 4) is 0 Å². The van der Waals surface area contributed by atoms with Gasteiger partial charge < -0.3 is 10.3 Å². The number of hydrogen-bond acceptors (Lipinski definition) is 4. The highest BCUT2D eigenvalue weighted by Crippen LogP contribution is 2.20. The highest BCUT2D eigenvalue weighted by atomic mass is 32.2. The Labute approximate surface area is 107 Å². The standard InChI is InChI=1S/C12H17N3O2S/c1-15-11-6-5-9(18(2,16)17)8-10(11)14-12(15)4-3-7-13/h5-6,8H,3-4,7,13H2,1-2H3. The Hall–Kier alpha value is -1.40. The summed E-state index contributed by atoms with van der Waals surface area (Å²) in [4.78, 5) is 4.77. The molecular formula is C12H17N3O2S. The number of fused-ring (bicyclic) bond motifs is 1. The maximum absolute atomic E-state index is 11.5. The lowest BCUT2D eigenvalue weighted by atomic mass is 10.3. The normalized spacial score (nSPS) is 12.2. The second-order valence-corrected chi connectivity index (χ2v) is 6.42. The molecule has 0 spiro atoms. The first kappa shape index (κ1) is 13.0. The molecule has 0 amide bonds. The van der Waals surface area contributed by atoms with Crippen LogP contribution < -0.4 is 5.73 Å². The summed E-state index contributed by atoms with van der Waals surface area (Å²) >= 11 is 0. The zero-order valence-electron chi connectivity index (χ0n) is 10.5. The molecule has 0 saturated carbocycles. The smallest absolute Gasteiger partial charge is 0.175 e. The Bertz CT molecular complexity index is 674. The van der Waals surface area contributed by atoms with Crippen molar-refractivity contribution >= 4 is 20.9 Å². The number of imidazole rings is 1. The van der Waals surface area contributed by atoms with E-state index in [2.05, 4.69) is 4.98 Å². The van der Waals surface area contributed by atoms with Crippen LogP contribution in [0.15, 0.2) is 23.1 Å². The van der Waals surface area contributed by atoms with Gasteiger partial charge in [-0.25, -0.2) is 13.4 Å². The van der Waals surface area contributed by atoms with Gasteiger partial charge in [-0.3, -0.25) is 0 Å². The van der Waals surface area contributed by atoms with Crippen LogP contribution in [0.5, 0.6) is 0 Å². The molecule has 0 aliphatic rings. The summed E-state index contributed by atoms with van der Waals surface area (Å²) in [5, 5.41) is 0. The lowest BCUT2D eigenvalue weighted by Gasteiger charge is -2.01. The average molecular weight is 267 g/mol. The molecule has 0 saturated heterocycles. The molecule has 2 aromatic rings. The molecule has 2 N–H and O–H groups in total. The first-order valence-electron chi connectivity index (χ1n) is 5.79. The van der Waals surface area contributed by atoms with Crippen LogP contribution in [0.1, 0.15) is 12.2 Å². The Morgan fingerprint density at radius 3 is 2.72 bits per heavy atom. The number of aromatic nitrogens is 2. The summed E-state index contributed by atoms with van der Waals surface area (Å²) in [5.74, 6) is 0.932. The molecular weight excluding hydrogens is 250 g/mol. The molecule has 0 radical (unpaired) electrons. The van der Waals surface area contributed by atoms with E-state index in [4.69, 9.17) is 5.73 Å². The van der Waals surface area contributed by atoms with Crippen molar-refractivity contribution in [2.24, 2.45) is 12.8 Å². The Morgan fingerprint density at radius 2 is 2.11 bits per heavy atom. The van der Waals surface area contributed by atoms with E-state index >= 15 is 0 Å². The van der Waals surface area contributed by atoms with Gasteiger partial charge in [0.25, 0.3) is 0 Å². The van der Waals surface area contributed by atoms with Crippen LogP contribution >= 0.6 is 0 Å². The third-order valence-electron chi connectivity index (χ3n) is 2.98. The highest BCUT2D eigenvalue weighted by Gasteiger charge is 2.12. The minimum absolute atomic E-state index is 0.304. The largest absolute Gasteiger partial charge is 0.331 e. The Morgan fingerprint density at radius 1 is 1.39 bits per heavy atom. The minimum atomic E-state index is -3.18. The molecule has 0 bridgehead atoms. The minimum Gasteiger partial charge on any atom is -0.331 e. The monoisotopic (exact) mass is 267 g/mol. The SMILES string of the molecule is Cn1c(CCCN)nc2cc(S(C)(=O)=O)ccc21. The van der Waals surface area contributed by atoms with Crippen LogP contribution in [-0.2, 0) is 23.3 Å². The summed E-state index contributed by atoms with van der Waals surface area (Å²) in [6.07, 6.45) is 2.87. The number of hydrogen-bond donors (Lipinski definition) is 1. The van der Waals surface area contributed by atoms with Crippen molar-refractivity contribution in [3.05, 3.63) is 24.0 Å². The molecule has 1 heterocycles. The Balaban J connectivity index is 2.52. The van der Waals surface area contributed by atoms with Crippen molar-refractivity contribution in [1.82, 2.24) is 9.55 Å². The second-order valence-electron chi connectivity index (χ2n) is 4.40. The van der Waals surface area contributed by atoms with Gasteiger partial charge >= 0.3 is 0 Å². The lowest BCUT2D eigenvalue weighted by molar-refractivity contribution is 0.602. The van der Waals surface area contributed by atoms with Gasteiger partial charge in [0.1, 0.15) is 5.82 Å².